The largest absolute Gasteiger partial charge is 0.467 e. The number of hydrogen-bond donors (Lipinski definition) is 2. The number of nitrogens with two attached hydrogens (primary N) is 1. The molecule has 0 aliphatic heterocycles. The first kappa shape index (κ1) is 20.2. The highest BCUT2D eigenvalue weighted by atomic mass is 16.3. The molecule has 1 aliphatic rings. The zero-order valence-electron chi connectivity index (χ0n) is 17.0. The minimum Gasteiger partial charge on any atom is -0.467 e. The molecule has 0 saturated heterocycles. The number of quaternary nitrogens is 1. The Morgan fingerprint density at radius 1 is 1.29 bits per heavy atom. The van der Waals surface area contributed by atoms with Gasteiger partial charge in [-0.25, -0.2) is 0 Å². The molecule has 1 amide bonds. The molecule has 28 heavy (non-hydrogen) atoms. The van der Waals surface area contributed by atoms with E-state index in [1.807, 2.05) is 30.5 Å². The summed E-state index contributed by atoms with van der Waals surface area (Å²) in [5, 5.41) is 14.8. The van der Waals surface area contributed by atoms with Gasteiger partial charge in [0.25, 0.3) is 5.91 Å². The van der Waals surface area contributed by atoms with Crippen molar-refractivity contribution in [1.82, 2.24) is 4.57 Å². The number of carbonyl (C=O) groups excluding carboxylic acids is 1. The molecule has 1 aliphatic carbocycles. The first-order chi connectivity index (χ1) is 13.6. The van der Waals surface area contributed by atoms with Crippen molar-refractivity contribution in [3.8, 4) is 6.07 Å². The molecule has 1 saturated carbocycles. The molecule has 3 rings (SSSR count). The predicted octanol–water partition coefficient (Wildman–Crippen LogP) is 3.23. The van der Waals surface area contributed by atoms with E-state index in [1.165, 1.54) is 44.9 Å². The van der Waals surface area contributed by atoms with Gasteiger partial charge in [0.15, 0.2) is 6.54 Å². The van der Waals surface area contributed by atoms with E-state index in [2.05, 4.69) is 16.7 Å². The maximum absolute atomic E-state index is 12.7. The molecule has 6 nitrogen and oxygen atoms in total. The molecule has 0 unspecified atom stereocenters. The summed E-state index contributed by atoms with van der Waals surface area (Å²) in [4.78, 5) is 12.7. The number of aromatic nitrogens is 1. The number of carbonyl (C=O) groups is 1. The van der Waals surface area contributed by atoms with Crippen LogP contribution in [-0.4, -0.2) is 23.1 Å². The van der Waals surface area contributed by atoms with Crippen molar-refractivity contribution in [3.63, 3.8) is 0 Å². The third kappa shape index (κ3) is 4.85. The Labute approximate surface area is 166 Å². The van der Waals surface area contributed by atoms with Crippen molar-refractivity contribution in [2.75, 3.05) is 11.9 Å². The summed E-state index contributed by atoms with van der Waals surface area (Å²) in [6.07, 6.45) is 10.5. The van der Waals surface area contributed by atoms with E-state index in [9.17, 15) is 10.1 Å². The SMILES string of the molecule is Cc1c(C#N)c(NC(=O)C[NH2+]C2CCCCCCC2)n(Cc2ccco2)c1C. The lowest BCUT2D eigenvalue weighted by molar-refractivity contribution is -0.680. The average Bonchev–Trinajstić information content (AvgIpc) is 3.24. The molecule has 0 bridgehead atoms. The molecule has 3 N–H and O–H groups in total. The Kier molecular flexibility index (Phi) is 6.94. The van der Waals surface area contributed by atoms with Gasteiger partial charge in [-0.1, -0.05) is 19.3 Å². The predicted molar refractivity (Wildman–Crippen MR) is 108 cm³/mol. The number of nitrogens with zero attached hydrogens (tertiary/aromatic N) is 2. The Morgan fingerprint density at radius 2 is 2.00 bits per heavy atom. The van der Waals surface area contributed by atoms with Crippen LogP contribution in [0.3, 0.4) is 0 Å². The van der Waals surface area contributed by atoms with Gasteiger partial charge in [-0.3, -0.25) is 4.79 Å². The van der Waals surface area contributed by atoms with Gasteiger partial charge in [0.05, 0.1) is 24.4 Å². The lowest BCUT2D eigenvalue weighted by Gasteiger charge is -2.18. The Morgan fingerprint density at radius 3 is 2.64 bits per heavy atom. The maximum Gasteiger partial charge on any atom is 0.280 e. The highest BCUT2D eigenvalue weighted by molar-refractivity contribution is 5.92. The van der Waals surface area contributed by atoms with Crippen LogP contribution in [0.15, 0.2) is 22.8 Å². The second-order valence-electron chi connectivity index (χ2n) is 7.80. The quantitative estimate of drug-likeness (QED) is 0.803. The third-order valence-corrected chi connectivity index (χ3v) is 5.88. The number of amides is 1. The van der Waals surface area contributed by atoms with Crippen molar-refractivity contribution in [2.24, 2.45) is 0 Å². The van der Waals surface area contributed by atoms with E-state index in [4.69, 9.17) is 4.42 Å². The van der Waals surface area contributed by atoms with Gasteiger partial charge in [-0.2, -0.15) is 5.26 Å². The molecule has 6 heteroatoms. The molecule has 0 aromatic carbocycles. The van der Waals surface area contributed by atoms with Crippen LogP contribution >= 0.6 is 0 Å². The number of nitriles is 1. The molecule has 1 fully saturated rings. The van der Waals surface area contributed by atoms with Crippen LogP contribution in [0.1, 0.15) is 67.5 Å². The monoisotopic (exact) mass is 383 g/mol. The van der Waals surface area contributed by atoms with Gasteiger partial charge in [0, 0.05) is 5.69 Å². The summed E-state index contributed by atoms with van der Waals surface area (Å²) in [6, 6.07) is 6.52. The highest BCUT2D eigenvalue weighted by Gasteiger charge is 2.22. The van der Waals surface area contributed by atoms with Gasteiger partial charge in [0.1, 0.15) is 17.6 Å². The van der Waals surface area contributed by atoms with Crippen molar-refractivity contribution < 1.29 is 14.5 Å². The first-order valence-electron chi connectivity index (χ1n) is 10.4. The van der Waals surface area contributed by atoms with Crippen LogP contribution in [0.5, 0.6) is 0 Å². The summed E-state index contributed by atoms with van der Waals surface area (Å²) in [5.74, 6) is 1.31. The molecular formula is C22H31N4O2+. The van der Waals surface area contributed by atoms with Crippen LogP contribution in [-0.2, 0) is 11.3 Å². The second-order valence-corrected chi connectivity index (χ2v) is 7.80. The average molecular weight is 384 g/mol. The van der Waals surface area contributed by atoms with Crippen LogP contribution < -0.4 is 10.6 Å². The maximum atomic E-state index is 12.7. The number of hydrogen-bond acceptors (Lipinski definition) is 3. The molecule has 0 atom stereocenters. The van der Waals surface area contributed by atoms with Gasteiger partial charge in [-0.15, -0.1) is 0 Å². The van der Waals surface area contributed by atoms with E-state index in [-0.39, 0.29) is 5.91 Å². The van der Waals surface area contributed by atoms with E-state index >= 15 is 0 Å². The van der Waals surface area contributed by atoms with Gasteiger partial charge < -0.3 is 19.6 Å². The fourth-order valence-electron chi connectivity index (χ4n) is 4.07. The smallest absolute Gasteiger partial charge is 0.280 e. The van der Waals surface area contributed by atoms with Gasteiger partial charge in [0.2, 0.25) is 0 Å². The molecule has 2 aromatic rings. The van der Waals surface area contributed by atoms with Crippen LogP contribution in [0.4, 0.5) is 5.82 Å². The number of rotatable bonds is 6. The van der Waals surface area contributed by atoms with Gasteiger partial charge in [-0.05, 0) is 57.2 Å². The second kappa shape index (κ2) is 9.61. The lowest BCUT2D eigenvalue weighted by Crippen LogP contribution is -2.91. The summed E-state index contributed by atoms with van der Waals surface area (Å²) in [7, 11) is 0. The van der Waals surface area contributed by atoms with Gasteiger partial charge >= 0.3 is 0 Å². The fourth-order valence-corrected chi connectivity index (χ4v) is 4.07. The minimum absolute atomic E-state index is 0.0586. The minimum atomic E-state index is -0.0586. The van der Waals surface area contributed by atoms with Crippen LogP contribution in [0.2, 0.25) is 0 Å². The summed E-state index contributed by atoms with van der Waals surface area (Å²) >= 11 is 0. The Bertz CT molecular complexity index is 822. The summed E-state index contributed by atoms with van der Waals surface area (Å²) < 4.78 is 7.42. The zero-order chi connectivity index (χ0) is 19.9. The van der Waals surface area contributed by atoms with E-state index < -0.39 is 0 Å². The van der Waals surface area contributed by atoms with Crippen molar-refractivity contribution >= 4 is 11.7 Å². The highest BCUT2D eigenvalue weighted by Crippen LogP contribution is 2.27. The number of anilines is 1. The van der Waals surface area contributed by atoms with Crippen LogP contribution in [0.25, 0.3) is 0 Å². The summed E-state index contributed by atoms with van der Waals surface area (Å²) in [5.41, 5.74) is 2.39. The Hall–Kier alpha value is -2.52. The lowest BCUT2D eigenvalue weighted by atomic mass is 9.97. The van der Waals surface area contributed by atoms with Crippen molar-refractivity contribution in [2.45, 2.75) is 71.4 Å². The van der Waals surface area contributed by atoms with Crippen LogP contribution in [0, 0.1) is 25.2 Å². The van der Waals surface area contributed by atoms with Crippen molar-refractivity contribution in [1.29, 1.82) is 5.26 Å². The topological polar surface area (TPSA) is 87.6 Å². The molecular weight excluding hydrogens is 352 g/mol. The third-order valence-electron chi connectivity index (χ3n) is 5.88. The Balaban J connectivity index is 1.69. The normalized spacial score (nSPS) is 15.6. The standard InChI is InChI=1S/C22H30N4O2/c1-16-17(2)26(15-19-11-8-12-28-19)22(20(16)13-23)25-21(27)14-24-18-9-6-4-3-5-7-10-18/h8,11-12,18,24H,3-7,9-10,14-15H2,1-2H3,(H,25,27)/p+1. The van der Waals surface area contributed by atoms with E-state index in [0.717, 1.165) is 17.0 Å². The number of furan rings is 1. The first-order valence-corrected chi connectivity index (χ1v) is 10.4. The van der Waals surface area contributed by atoms with E-state index in [1.54, 1.807) is 6.26 Å². The number of nitrogens with one attached hydrogen (secondary N) is 1. The molecule has 150 valence electrons. The zero-order valence-corrected chi connectivity index (χ0v) is 17.0. The molecule has 0 spiro atoms. The molecule has 0 radical (unpaired) electrons. The fraction of sp³-hybridized carbons (Fsp3) is 0.545. The molecule has 2 aromatic heterocycles. The van der Waals surface area contributed by atoms with Crippen molar-refractivity contribution in [3.05, 3.63) is 41.0 Å². The summed E-state index contributed by atoms with van der Waals surface area (Å²) in [6.45, 7) is 4.76. The molecule has 2 heterocycles. The van der Waals surface area contributed by atoms with E-state index in [0.29, 0.717) is 30.5 Å².